The first-order chi connectivity index (χ1) is 16.4. The number of hydrogen-bond acceptors (Lipinski definition) is 7. The molecule has 0 aliphatic rings. The molecule has 0 fully saturated rings. The van der Waals surface area contributed by atoms with Crippen LogP contribution < -0.4 is 5.56 Å². The minimum atomic E-state index is -0.530. The molecule has 34 heavy (non-hydrogen) atoms. The summed E-state index contributed by atoms with van der Waals surface area (Å²) >= 11 is 7.32. The summed E-state index contributed by atoms with van der Waals surface area (Å²) in [6, 6.07) is 18.6. The van der Waals surface area contributed by atoms with E-state index in [2.05, 4.69) is 15.3 Å². The monoisotopic (exact) mass is 490 g/mol. The summed E-state index contributed by atoms with van der Waals surface area (Å²) in [4.78, 5) is 25.4. The first kappa shape index (κ1) is 21.8. The molecule has 5 aromatic rings. The van der Waals surface area contributed by atoms with Crippen LogP contribution in [0.1, 0.15) is 0 Å². The minimum Gasteiger partial charge on any atom is -0.311 e. The summed E-state index contributed by atoms with van der Waals surface area (Å²) in [5, 5.41) is 26.5. The third kappa shape index (κ3) is 3.93. The van der Waals surface area contributed by atoms with Gasteiger partial charge in [-0.25, -0.2) is 0 Å². The number of hydrogen-bond donors (Lipinski definition) is 0. The molecule has 0 unspecified atom stereocenters. The topological polar surface area (TPSA) is 109 Å². The fourth-order valence-electron chi connectivity index (χ4n) is 3.53. The summed E-state index contributed by atoms with van der Waals surface area (Å²) < 4.78 is 2.82. The van der Waals surface area contributed by atoms with E-state index in [4.69, 9.17) is 11.6 Å². The maximum absolute atomic E-state index is 13.4. The number of fused-ring (bicyclic) bond motifs is 1. The maximum Gasteiger partial charge on any atom is 0.295 e. The van der Waals surface area contributed by atoms with Gasteiger partial charge in [-0.2, -0.15) is 9.78 Å². The zero-order valence-electron chi connectivity index (χ0n) is 17.6. The zero-order valence-corrected chi connectivity index (χ0v) is 19.2. The summed E-state index contributed by atoms with van der Waals surface area (Å²) in [5.41, 5.74) is 0.587. The highest BCUT2D eigenvalue weighted by Gasteiger charge is 2.22. The summed E-state index contributed by atoms with van der Waals surface area (Å²) in [5.74, 6) is 0. The van der Waals surface area contributed by atoms with Crippen LogP contribution >= 0.6 is 23.4 Å². The Hall–Kier alpha value is -4.02. The summed E-state index contributed by atoms with van der Waals surface area (Å²) in [7, 11) is 1.79. The Labute approximate surface area is 201 Å². The fourth-order valence-corrected chi connectivity index (χ4v) is 4.46. The van der Waals surface area contributed by atoms with Crippen molar-refractivity contribution in [2.45, 2.75) is 10.1 Å². The van der Waals surface area contributed by atoms with Crippen LogP contribution in [0.2, 0.25) is 5.02 Å². The Morgan fingerprint density at radius 3 is 2.44 bits per heavy atom. The standard InChI is InChI=1S/C23H15ClN6O3S/c1-28-13-25-26-23(28)34-16-10-11-19(30(32)33)20(12-16)29-22(31)18-5-3-2-4-17(18)21(27-29)14-6-8-15(24)9-7-14/h2-13H,1H3. The molecule has 0 radical (unpaired) electrons. The number of benzene rings is 3. The molecule has 0 aliphatic heterocycles. The average molecular weight is 491 g/mol. The molecule has 0 N–H and O–H groups in total. The lowest BCUT2D eigenvalue weighted by molar-refractivity contribution is -0.384. The van der Waals surface area contributed by atoms with Gasteiger partial charge < -0.3 is 4.57 Å². The quantitative estimate of drug-likeness (QED) is 0.255. The number of rotatable bonds is 5. The fraction of sp³-hybridized carbons (Fsp3) is 0.0435. The Balaban J connectivity index is 1.76. The van der Waals surface area contributed by atoms with Crippen LogP contribution in [-0.2, 0) is 7.05 Å². The normalized spacial score (nSPS) is 11.1. The number of aromatic nitrogens is 5. The molecular formula is C23H15ClN6O3S. The van der Waals surface area contributed by atoms with Crippen molar-refractivity contribution < 1.29 is 4.92 Å². The lowest BCUT2D eigenvalue weighted by Crippen LogP contribution is -2.23. The molecule has 0 amide bonds. The molecule has 11 heteroatoms. The van der Waals surface area contributed by atoms with E-state index in [0.717, 1.165) is 10.2 Å². The van der Waals surface area contributed by atoms with Crippen molar-refractivity contribution in [1.29, 1.82) is 0 Å². The highest BCUT2D eigenvalue weighted by atomic mass is 35.5. The predicted octanol–water partition coefficient (Wildman–Crippen LogP) is 4.89. The third-order valence-corrected chi connectivity index (χ3v) is 6.47. The van der Waals surface area contributed by atoms with Gasteiger partial charge in [-0.15, -0.1) is 10.2 Å². The van der Waals surface area contributed by atoms with Crippen molar-refractivity contribution in [3.8, 4) is 16.9 Å². The van der Waals surface area contributed by atoms with E-state index >= 15 is 0 Å². The van der Waals surface area contributed by atoms with Crippen LogP contribution in [0.15, 0.2) is 87.9 Å². The highest BCUT2D eigenvalue weighted by molar-refractivity contribution is 7.99. The van der Waals surface area contributed by atoms with E-state index < -0.39 is 10.5 Å². The molecule has 0 saturated carbocycles. The Morgan fingerprint density at radius 1 is 1.03 bits per heavy atom. The number of nitro benzene ring substituents is 1. The first-order valence-electron chi connectivity index (χ1n) is 10.0. The molecule has 0 spiro atoms. The highest BCUT2D eigenvalue weighted by Crippen LogP contribution is 2.33. The lowest BCUT2D eigenvalue weighted by Gasteiger charge is -2.12. The van der Waals surface area contributed by atoms with Gasteiger partial charge in [-0.1, -0.05) is 41.9 Å². The van der Waals surface area contributed by atoms with Crippen molar-refractivity contribution in [1.82, 2.24) is 24.5 Å². The molecule has 168 valence electrons. The van der Waals surface area contributed by atoms with Crippen LogP contribution in [0.4, 0.5) is 5.69 Å². The molecule has 5 rings (SSSR count). The zero-order chi connectivity index (χ0) is 23.8. The van der Waals surface area contributed by atoms with Crippen LogP contribution in [0.25, 0.3) is 27.7 Å². The van der Waals surface area contributed by atoms with Crippen LogP contribution in [0.3, 0.4) is 0 Å². The van der Waals surface area contributed by atoms with Crippen molar-refractivity contribution in [2.24, 2.45) is 7.05 Å². The van der Waals surface area contributed by atoms with Gasteiger partial charge in [0.25, 0.3) is 11.2 Å². The van der Waals surface area contributed by atoms with Crippen LogP contribution in [-0.4, -0.2) is 29.5 Å². The molecule has 2 heterocycles. The van der Waals surface area contributed by atoms with Crippen LogP contribution in [0, 0.1) is 10.1 Å². The minimum absolute atomic E-state index is 0.0585. The van der Waals surface area contributed by atoms with Gasteiger partial charge in [0.05, 0.1) is 16.0 Å². The first-order valence-corrected chi connectivity index (χ1v) is 11.2. The van der Waals surface area contributed by atoms with Crippen molar-refractivity contribution >= 4 is 39.8 Å². The molecule has 0 bridgehead atoms. The summed E-state index contributed by atoms with van der Waals surface area (Å²) in [6.45, 7) is 0. The smallest absolute Gasteiger partial charge is 0.295 e. The van der Waals surface area contributed by atoms with E-state index in [9.17, 15) is 14.9 Å². The Kier molecular flexibility index (Phi) is 5.60. The van der Waals surface area contributed by atoms with Gasteiger partial charge in [0, 0.05) is 34.0 Å². The van der Waals surface area contributed by atoms with Gasteiger partial charge in [0.1, 0.15) is 12.0 Å². The van der Waals surface area contributed by atoms with E-state index in [0.29, 0.717) is 31.5 Å². The second-order valence-corrected chi connectivity index (χ2v) is 8.83. The van der Waals surface area contributed by atoms with Crippen molar-refractivity contribution in [3.63, 3.8) is 0 Å². The largest absolute Gasteiger partial charge is 0.311 e. The van der Waals surface area contributed by atoms with Gasteiger partial charge in [-0.3, -0.25) is 14.9 Å². The van der Waals surface area contributed by atoms with Crippen LogP contribution in [0.5, 0.6) is 0 Å². The number of halogens is 1. The second kappa shape index (κ2) is 8.73. The number of aryl methyl sites for hydroxylation is 1. The SMILES string of the molecule is Cn1cnnc1Sc1ccc([N+](=O)[O-])c(-n2nc(-c3ccc(Cl)cc3)c3ccccc3c2=O)c1. The van der Waals surface area contributed by atoms with Crippen molar-refractivity contribution in [2.75, 3.05) is 0 Å². The molecule has 3 aromatic carbocycles. The lowest BCUT2D eigenvalue weighted by atomic mass is 10.1. The molecule has 0 aliphatic carbocycles. The predicted molar refractivity (Wildman–Crippen MR) is 130 cm³/mol. The van der Waals surface area contributed by atoms with E-state index in [1.807, 2.05) is 6.07 Å². The molecule has 9 nitrogen and oxygen atoms in total. The Morgan fingerprint density at radius 2 is 1.76 bits per heavy atom. The van der Waals surface area contributed by atoms with Gasteiger partial charge in [0.15, 0.2) is 5.16 Å². The average Bonchev–Trinajstić information content (AvgIpc) is 3.24. The summed E-state index contributed by atoms with van der Waals surface area (Å²) in [6.07, 6.45) is 1.56. The van der Waals surface area contributed by atoms with E-state index in [-0.39, 0.29) is 11.4 Å². The second-order valence-electron chi connectivity index (χ2n) is 7.35. The molecular weight excluding hydrogens is 476 g/mol. The molecule has 0 saturated heterocycles. The van der Waals surface area contributed by atoms with Gasteiger partial charge >= 0.3 is 0 Å². The molecule has 0 atom stereocenters. The molecule has 2 aromatic heterocycles. The number of nitrogens with zero attached hydrogens (tertiary/aromatic N) is 6. The maximum atomic E-state index is 13.4. The van der Waals surface area contributed by atoms with Gasteiger partial charge in [-0.05, 0) is 42.1 Å². The van der Waals surface area contributed by atoms with Gasteiger partial charge in [0.2, 0.25) is 0 Å². The number of nitro groups is 1. The third-order valence-electron chi connectivity index (χ3n) is 5.17. The Bertz CT molecular complexity index is 1610. The van der Waals surface area contributed by atoms with E-state index in [1.54, 1.807) is 72.5 Å². The van der Waals surface area contributed by atoms with Crippen molar-refractivity contribution in [3.05, 3.63) is 98.5 Å². The van der Waals surface area contributed by atoms with E-state index in [1.165, 1.54) is 17.8 Å².